The minimum atomic E-state index is -3.70. The Balaban J connectivity index is 1.18. The van der Waals surface area contributed by atoms with Gasteiger partial charge in [0.25, 0.3) is 0 Å². The summed E-state index contributed by atoms with van der Waals surface area (Å²) in [5.41, 5.74) is 8.00. The lowest BCUT2D eigenvalue weighted by Gasteiger charge is -2.31. The first kappa shape index (κ1) is 34.9. The molecule has 0 fully saturated rings. The summed E-state index contributed by atoms with van der Waals surface area (Å²) in [6, 6.07) is 19.1. The minimum absolute atomic E-state index is 0.00763. The van der Waals surface area contributed by atoms with Crippen LogP contribution in [0, 0.1) is 13.8 Å². The number of benzene rings is 3. The summed E-state index contributed by atoms with van der Waals surface area (Å²) in [4.78, 5) is 37.3. The van der Waals surface area contributed by atoms with Gasteiger partial charge in [-0.1, -0.05) is 36.4 Å². The summed E-state index contributed by atoms with van der Waals surface area (Å²) >= 11 is 0. The van der Waals surface area contributed by atoms with E-state index in [1.165, 1.54) is 5.56 Å². The number of carbonyl (C=O) groups excluding carboxylic acids is 2. The normalized spacial score (nSPS) is 13.8. The molecular formula is C36H44N5O6P. The van der Waals surface area contributed by atoms with Crippen LogP contribution in [-0.4, -0.2) is 59.1 Å². The summed E-state index contributed by atoms with van der Waals surface area (Å²) in [7, 11) is -3.70. The van der Waals surface area contributed by atoms with Crippen LogP contribution in [0.25, 0.3) is 11.1 Å². The SMILES string of the molecule is CCOP(=O)(O)CCNC(=O)Nc1cccc(Cn2cc(-c3cccc4c3CCCN4C(=O)CCCOc3cccc(C)c3C)cn2)c1. The van der Waals surface area contributed by atoms with Crippen LogP contribution < -0.4 is 20.3 Å². The number of nitrogens with zero attached hydrogens (tertiary/aromatic N) is 3. The quantitative estimate of drug-likeness (QED) is 0.100. The zero-order chi connectivity index (χ0) is 34.1. The fourth-order valence-electron chi connectivity index (χ4n) is 5.85. The van der Waals surface area contributed by atoms with Crippen LogP contribution in [0.3, 0.4) is 0 Å². The standard InChI is InChI=1S/C36H44N5O6P/c1-4-47-48(44,45)21-18-37-36(43)39-30-12-6-11-28(22-30)24-40-25-29(23-38-40)31-13-7-15-33-32(31)14-8-19-41(33)35(42)17-9-20-46-34-16-5-10-26(2)27(34)3/h5-7,10-13,15-16,22-23,25H,4,8-9,14,17-21,24H2,1-3H3,(H,44,45)(H2,37,39,43). The van der Waals surface area contributed by atoms with Gasteiger partial charge >= 0.3 is 13.6 Å². The van der Waals surface area contributed by atoms with Gasteiger partial charge in [0.05, 0.1) is 32.1 Å². The van der Waals surface area contributed by atoms with Crippen molar-refractivity contribution in [2.75, 3.05) is 42.7 Å². The van der Waals surface area contributed by atoms with E-state index in [1.807, 2.05) is 64.4 Å². The maximum Gasteiger partial charge on any atom is 0.329 e. The average molecular weight is 674 g/mol. The smallest absolute Gasteiger partial charge is 0.329 e. The molecule has 1 aliphatic rings. The Bertz CT molecular complexity index is 1790. The fraction of sp³-hybridized carbons (Fsp3) is 0.361. The molecule has 1 aromatic heterocycles. The van der Waals surface area contributed by atoms with Crippen molar-refractivity contribution in [2.24, 2.45) is 0 Å². The Hall–Kier alpha value is -4.44. The number of rotatable bonds is 14. The summed E-state index contributed by atoms with van der Waals surface area (Å²) in [5.74, 6) is 0.977. The van der Waals surface area contributed by atoms with Crippen molar-refractivity contribution in [3.8, 4) is 16.9 Å². The van der Waals surface area contributed by atoms with Crippen molar-refractivity contribution in [2.45, 2.75) is 53.0 Å². The Morgan fingerprint density at radius 1 is 1.08 bits per heavy atom. The predicted molar refractivity (Wildman–Crippen MR) is 188 cm³/mol. The molecule has 254 valence electrons. The van der Waals surface area contributed by atoms with Crippen LogP contribution in [0.2, 0.25) is 0 Å². The van der Waals surface area contributed by atoms with Crippen molar-refractivity contribution in [3.05, 3.63) is 95.3 Å². The van der Waals surface area contributed by atoms with Crippen LogP contribution in [0.4, 0.5) is 16.2 Å². The topological polar surface area (TPSA) is 135 Å². The largest absolute Gasteiger partial charge is 0.493 e. The van der Waals surface area contributed by atoms with E-state index in [4.69, 9.17) is 9.26 Å². The number of hydrogen-bond acceptors (Lipinski definition) is 6. The lowest BCUT2D eigenvalue weighted by atomic mass is 9.93. The van der Waals surface area contributed by atoms with Gasteiger partial charge in [-0.3, -0.25) is 14.0 Å². The van der Waals surface area contributed by atoms with Gasteiger partial charge in [-0.15, -0.1) is 0 Å². The molecule has 0 bridgehead atoms. The third-order valence-corrected chi connectivity index (χ3v) is 9.83. The van der Waals surface area contributed by atoms with Gasteiger partial charge in [0, 0.05) is 42.6 Å². The number of fused-ring (bicyclic) bond motifs is 1. The van der Waals surface area contributed by atoms with Gasteiger partial charge in [-0.2, -0.15) is 5.10 Å². The number of urea groups is 1. The third-order valence-electron chi connectivity index (χ3n) is 8.38. The molecule has 3 N–H and O–H groups in total. The van der Waals surface area contributed by atoms with Crippen LogP contribution >= 0.6 is 7.60 Å². The molecule has 2 heterocycles. The Kier molecular flexibility index (Phi) is 11.7. The third kappa shape index (κ3) is 9.13. The Morgan fingerprint density at radius 3 is 2.73 bits per heavy atom. The average Bonchev–Trinajstić information content (AvgIpc) is 3.52. The van der Waals surface area contributed by atoms with Crippen LogP contribution in [0.15, 0.2) is 73.1 Å². The molecule has 1 aliphatic heterocycles. The van der Waals surface area contributed by atoms with E-state index in [9.17, 15) is 19.0 Å². The molecule has 0 aliphatic carbocycles. The zero-order valence-corrected chi connectivity index (χ0v) is 28.7. The summed E-state index contributed by atoms with van der Waals surface area (Å²) in [5, 5.41) is 9.95. The van der Waals surface area contributed by atoms with Crippen LogP contribution in [-0.2, 0) is 26.8 Å². The van der Waals surface area contributed by atoms with E-state index in [-0.39, 0.29) is 25.2 Å². The van der Waals surface area contributed by atoms with Gasteiger partial charge < -0.3 is 29.7 Å². The van der Waals surface area contributed by atoms with E-state index in [1.54, 1.807) is 13.0 Å². The van der Waals surface area contributed by atoms with Gasteiger partial charge in [0.15, 0.2) is 0 Å². The first-order valence-corrected chi connectivity index (χ1v) is 18.1. The molecule has 1 unspecified atom stereocenters. The highest BCUT2D eigenvalue weighted by Gasteiger charge is 2.25. The van der Waals surface area contributed by atoms with E-state index < -0.39 is 13.6 Å². The molecule has 3 amide bonds. The molecule has 0 saturated heterocycles. The fourth-order valence-corrected chi connectivity index (χ4v) is 6.78. The molecular weight excluding hydrogens is 629 g/mol. The van der Waals surface area contributed by atoms with Crippen molar-refractivity contribution in [1.29, 1.82) is 0 Å². The second kappa shape index (κ2) is 16.1. The Morgan fingerprint density at radius 2 is 1.90 bits per heavy atom. The van der Waals surface area contributed by atoms with Gasteiger partial charge in [0.2, 0.25) is 5.91 Å². The predicted octanol–water partition coefficient (Wildman–Crippen LogP) is 6.70. The summed E-state index contributed by atoms with van der Waals surface area (Å²) in [6.45, 7) is 7.57. The van der Waals surface area contributed by atoms with E-state index in [0.717, 1.165) is 52.1 Å². The first-order valence-electron chi connectivity index (χ1n) is 16.4. The van der Waals surface area contributed by atoms with Crippen molar-refractivity contribution < 1.29 is 28.3 Å². The Labute approximate surface area is 281 Å². The maximum absolute atomic E-state index is 13.4. The molecule has 0 saturated carbocycles. The minimum Gasteiger partial charge on any atom is -0.493 e. The van der Waals surface area contributed by atoms with E-state index in [0.29, 0.717) is 38.2 Å². The number of carbonyl (C=O) groups is 2. The molecule has 0 spiro atoms. The molecule has 5 rings (SSSR count). The number of anilines is 2. The van der Waals surface area contributed by atoms with Crippen molar-refractivity contribution in [3.63, 3.8) is 0 Å². The molecule has 12 heteroatoms. The zero-order valence-electron chi connectivity index (χ0n) is 27.8. The van der Waals surface area contributed by atoms with E-state index >= 15 is 0 Å². The lowest BCUT2D eigenvalue weighted by Crippen LogP contribution is -2.35. The molecule has 3 aromatic carbocycles. The second-order valence-electron chi connectivity index (χ2n) is 11.9. The molecule has 1 atom stereocenters. The highest BCUT2D eigenvalue weighted by atomic mass is 31.2. The van der Waals surface area contributed by atoms with E-state index in [2.05, 4.69) is 41.7 Å². The van der Waals surface area contributed by atoms with Crippen molar-refractivity contribution in [1.82, 2.24) is 15.1 Å². The first-order chi connectivity index (χ1) is 23.1. The number of hydrogen-bond donors (Lipinski definition) is 3. The summed E-state index contributed by atoms with van der Waals surface area (Å²) in [6.07, 6.45) is 6.51. The maximum atomic E-state index is 13.4. The molecule has 48 heavy (non-hydrogen) atoms. The number of aromatic nitrogens is 2. The van der Waals surface area contributed by atoms with Gasteiger partial charge in [0.1, 0.15) is 5.75 Å². The number of nitrogens with one attached hydrogen (secondary N) is 2. The number of amides is 3. The summed E-state index contributed by atoms with van der Waals surface area (Å²) < 4.78 is 24.5. The highest BCUT2D eigenvalue weighted by molar-refractivity contribution is 7.52. The highest BCUT2D eigenvalue weighted by Crippen LogP contribution is 2.40. The second-order valence-corrected chi connectivity index (χ2v) is 13.9. The lowest BCUT2D eigenvalue weighted by molar-refractivity contribution is -0.118. The molecule has 4 aromatic rings. The van der Waals surface area contributed by atoms with Gasteiger partial charge in [-0.25, -0.2) is 4.79 Å². The monoisotopic (exact) mass is 673 g/mol. The number of ether oxygens (including phenoxy) is 1. The van der Waals surface area contributed by atoms with Crippen molar-refractivity contribution >= 4 is 30.9 Å². The molecule has 11 nitrogen and oxygen atoms in total. The van der Waals surface area contributed by atoms with Crippen LogP contribution in [0.1, 0.15) is 48.4 Å². The molecule has 0 radical (unpaired) electrons. The van der Waals surface area contributed by atoms with Crippen LogP contribution in [0.5, 0.6) is 5.75 Å². The van der Waals surface area contributed by atoms with Gasteiger partial charge in [-0.05, 0) is 92.1 Å². The number of aryl methyl sites for hydroxylation is 1.